The van der Waals surface area contributed by atoms with Crippen LogP contribution in [0.5, 0.6) is 0 Å². The Labute approximate surface area is 122 Å². The van der Waals surface area contributed by atoms with Crippen molar-refractivity contribution in [3.63, 3.8) is 0 Å². The quantitative estimate of drug-likeness (QED) is 0.410. The predicted molar refractivity (Wildman–Crippen MR) is 77.3 cm³/mol. The van der Waals surface area contributed by atoms with Crippen molar-refractivity contribution >= 4 is 15.9 Å². The highest BCUT2D eigenvalue weighted by molar-refractivity contribution is 9.10. The Hall–Kier alpha value is -0.470. The normalized spacial score (nSPS) is 13.2. The van der Waals surface area contributed by atoms with Crippen LogP contribution in [0.3, 0.4) is 0 Å². The van der Waals surface area contributed by atoms with Crippen LogP contribution in [0.2, 0.25) is 0 Å². The summed E-state index contributed by atoms with van der Waals surface area (Å²) in [7, 11) is 0. The van der Waals surface area contributed by atoms with Gasteiger partial charge in [0.05, 0.1) is 16.4 Å². The zero-order chi connectivity index (χ0) is 14.3. The molecule has 1 atom stereocenters. The zero-order valence-electron chi connectivity index (χ0n) is 11.7. The van der Waals surface area contributed by atoms with Crippen LogP contribution in [0.1, 0.15) is 38.9 Å². The van der Waals surface area contributed by atoms with E-state index >= 15 is 0 Å². The van der Waals surface area contributed by atoms with Gasteiger partial charge in [0.15, 0.2) is 6.29 Å². The maximum Gasteiger partial charge on any atom is 0.179 e. The summed E-state index contributed by atoms with van der Waals surface area (Å²) in [5.74, 6) is 5.69. The highest BCUT2D eigenvalue weighted by atomic mass is 79.9. The van der Waals surface area contributed by atoms with Gasteiger partial charge in [-0.2, -0.15) is 5.10 Å². The van der Waals surface area contributed by atoms with Crippen LogP contribution >= 0.6 is 15.9 Å². The minimum absolute atomic E-state index is 0.275. The van der Waals surface area contributed by atoms with Crippen LogP contribution in [0.25, 0.3) is 0 Å². The number of hydrogen-bond donors (Lipinski definition) is 2. The van der Waals surface area contributed by atoms with Gasteiger partial charge in [-0.05, 0) is 36.2 Å². The van der Waals surface area contributed by atoms with E-state index in [1.165, 1.54) is 0 Å². The first-order valence-electron chi connectivity index (χ1n) is 6.60. The Bertz CT molecular complexity index is 367. The van der Waals surface area contributed by atoms with Crippen molar-refractivity contribution in [3.8, 4) is 0 Å². The van der Waals surface area contributed by atoms with Crippen molar-refractivity contribution in [2.75, 3.05) is 13.2 Å². The van der Waals surface area contributed by atoms with Crippen LogP contribution in [0.4, 0.5) is 0 Å². The van der Waals surface area contributed by atoms with Gasteiger partial charge < -0.3 is 9.47 Å². The third kappa shape index (κ3) is 4.25. The van der Waals surface area contributed by atoms with Gasteiger partial charge in [0.1, 0.15) is 6.04 Å². The molecule has 1 rings (SSSR count). The number of nitrogens with one attached hydrogen (secondary N) is 1. The van der Waals surface area contributed by atoms with E-state index in [0.717, 1.165) is 23.1 Å². The number of hydrazine groups is 1. The standard InChI is InChI=1S/C12H23BrN4O2/c1-4-7-17-11(9(13)8-15-17)10(16-14)12(18-5-2)19-6-3/h8,10,12,16H,4-7,14H2,1-3H3. The molecule has 6 nitrogen and oxygen atoms in total. The molecular formula is C12H23BrN4O2. The van der Waals surface area contributed by atoms with Crippen molar-refractivity contribution in [3.05, 3.63) is 16.4 Å². The number of halogens is 1. The monoisotopic (exact) mass is 334 g/mol. The van der Waals surface area contributed by atoms with E-state index in [1.54, 1.807) is 6.20 Å². The largest absolute Gasteiger partial charge is 0.351 e. The summed E-state index contributed by atoms with van der Waals surface area (Å²) in [6.07, 6.45) is 2.32. The fraction of sp³-hybridized carbons (Fsp3) is 0.750. The van der Waals surface area contributed by atoms with Crippen LogP contribution in [-0.4, -0.2) is 29.3 Å². The number of aryl methyl sites for hydroxylation is 1. The predicted octanol–water partition coefficient (Wildman–Crippen LogP) is 1.96. The number of hydrogen-bond acceptors (Lipinski definition) is 5. The molecule has 0 saturated carbocycles. The van der Waals surface area contributed by atoms with Gasteiger partial charge in [-0.3, -0.25) is 10.5 Å². The molecule has 0 amide bonds. The first-order valence-corrected chi connectivity index (χ1v) is 7.39. The number of aromatic nitrogens is 2. The molecule has 0 saturated heterocycles. The molecule has 0 aliphatic rings. The summed E-state index contributed by atoms with van der Waals surface area (Å²) < 4.78 is 14.1. The van der Waals surface area contributed by atoms with E-state index < -0.39 is 6.29 Å². The van der Waals surface area contributed by atoms with Crippen molar-refractivity contribution < 1.29 is 9.47 Å². The van der Waals surface area contributed by atoms with Gasteiger partial charge in [-0.1, -0.05) is 6.92 Å². The Kier molecular flexibility index (Phi) is 7.55. The average Bonchev–Trinajstić information content (AvgIpc) is 2.74. The molecule has 7 heteroatoms. The lowest BCUT2D eigenvalue weighted by atomic mass is 10.2. The van der Waals surface area contributed by atoms with Crippen LogP contribution in [-0.2, 0) is 16.0 Å². The Morgan fingerprint density at radius 2 is 2.00 bits per heavy atom. The molecule has 1 unspecified atom stereocenters. The Balaban J connectivity index is 3.02. The maximum absolute atomic E-state index is 5.69. The molecule has 0 fully saturated rings. The number of rotatable bonds is 9. The summed E-state index contributed by atoms with van der Waals surface area (Å²) in [4.78, 5) is 0. The maximum atomic E-state index is 5.69. The smallest absolute Gasteiger partial charge is 0.179 e. The lowest BCUT2D eigenvalue weighted by Crippen LogP contribution is -2.41. The van der Waals surface area contributed by atoms with E-state index in [2.05, 4.69) is 33.4 Å². The van der Waals surface area contributed by atoms with Crippen LogP contribution < -0.4 is 11.3 Å². The summed E-state index contributed by atoms with van der Waals surface area (Å²) in [6, 6.07) is -0.275. The molecule has 110 valence electrons. The van der Waals surface area contributed by atoms with Gasteiger partial charge in [-0.25, -0.2) is 5.43 Å². The fourth-order valence-electron chi connectivity index (χ4n) is 1.93. The lowest BCUT2D eigenvalue weighted by molar-refractivity contribution is -0.156. The Morgan fingerprint density at radius 3 is 2.47 bits per heavy atom. The van der Waals surface area contributed by atoms with Gasteiger partial charge in [-0.15, -0.1) is 0 Å². The van der Waals surface area contributed by atoms with Crippen molar-refractivity contribution in [2.45, 2.75) is 46.1 Å². The second kappa shape index (κ2) is 8.65. The van der Waals surface area contributed by atoms with E-state index in [0.29, 0.717) is 13.2 Å². The van der Waals surface area contributed by atoms with Gasteiger partial charge in [0, 0.05) is 19.8 Å². The molecule has 0 radical (unpaired) electrons. The molecule has 1 heterocycles. The SMILES string of the molecule is CCCn1ncc(Br)c1C(NN)C(OCC)OCC. The second-order valence-electron chi connectivity index (χ2n) is 4.02. The van der Waals surface area contributed by atoms with Crippen molar-refractivity contribution in [1.82, 2.24) is 15.2 Å². The highest BCUT2D eigenvalue weighted by Gasteiger charge is 2.28. The van der Waals surface area contributed by atoms with Gasteiger partial charge in [0.25, 0.3) is 0 Å². The molecule has 1 aromatic rings. The molecule has 0 aliphatic heterocycles. The van der Waals surface area contributed by atoms with E-state index in [1.807, 2.05) is 18.5 Å². The minimum atomic E-state index is -0.441. The molecule has 3 N–H and O–H groups in total. The van der Waals surface area contributed by atoms with E-state index in [9.17, 15) is 0 Å². The highest BCUT2D eigenvalue weighted by Crippen LogP contribution is 2.27. The molecule has 0 aromatic carbocycles. The molecule has 1 aromatic heterocycles. The third-order valence-corrected chi connectivity index (χ3v) is 3.29. The Morgan fingerprint density at radius 1 is 1.37 bits per heavy atom. The van der Waals surface area contributed by atoms with E-state index in [-0.39, 0.29) is 6.04 Å². The first kappa shape index (κ1) is 16.6. The third-order valence-electron chi connectivity index (χ3n) is 2.68. The van der Waals surface area contributed by atoms with Crippen molar-refractivity contribution in [1.29, 1.82) is 0 Å². The van der Waals surface area contributed by atoms with Crippen LogP contribution in [0.15, 0.2) is 10.7 Å². The summed E-state index contributed by atoms with van der Waals surface area (Å²) in [5, 5.41) is 4.34. The summed E-state index contributed by atoms with van der Waals surface area (Å²) in [5.41, 5.74) is 3.71. The van der Waals surface area contributed by atoms with Gasteiger partial charge in [0.2, 0.25) is 0 Å². The first-order chi connectivity index (χ1) is 9.19. The summed E-state index contributed by atoms with van der Waals surface area (Å²) >= 11 is 3.51. The lowest BCUT2D eigenvalue weighted by Gasteiger charge is -2.27. The molecule has 0 bridgehead atoms. The molecule has 0 aliphatic carbocycles. The molecule has 0 spiro atoms. The van der Waals surface area contributed by atoms with Crippen molar-refractivity contribution in [2.24, 2.45) is 5.84 Å². The number of nitrogens with zero attached hydrogens (tertiary/aromatic N) is 2. The molecular weight excluding hydrogens is 312 g/mol. The number of ether oxygens (including phenoxy) is 2. The van der Waals surface area contributed by atoms with E-state index in [4.69, 9.17) is 15.3 Å². The number of nitrogens with two attached hydrogens (primary N) is 1. The van der Waals surface area contributed by atoms with Gasteiger partial charge >= 0.3 is 0 Å². The fourth-order valence-corrected chi connectivity index (χ4v) is 2.47. The minimum Gasteiger partial charge on any atom is -0.351 e. The average molecular weight is 335 g/mol. The zero-order valence-corrected chi connectivity index (χ0v) is 13.3. The topological polar surface area (TPSA) is 74.3 Å². The second-order valence-corrected chi connectivity index (χ2v) is 4.88. The van der Waals surface area contributed by atoms with Crippen LogP contribution in [0, 0.1) is 0 Å². The summed E-state index contributed by atoms with van der Waals surface area (Å²) in [6.45, 7) is 7.90. The molecule has 19 heavy (non-hydrogen) atoms.